The van der Waals surface area contributed by atoms with E-state index in [0.29, 0.717) is 0 Å². The summed E-state index contributed by atoms with van der Waals surface area (Å²) >= 11 is 0. The highest BCUT2D eigenvalue weighted by Crippen LogP contribution is 2.19. The minimum atomic E-state index is -0.921. The van der Waals surface area contributed by atoms with Crippen molar-refractivity contribution in [1.82, 2.24) is 5.01 Å². The maximum absolute atomic E-state index is 10.9. The first-order valence-corrected chi connectivity index (χ1v) is 9.05. The molecule has 0 unspecified atom stereocenters. The van der Waals surface area contributed by atoms with Crippen molar-refractivity contribution >= 4 is 18.3 Å². The molecule has 1 N–H and O–H groups in total. The molecule has 2 aromatic carbocycles. The van der Waals surface area contributed by atoms with Crippen molar-refractivity contribution in [2.45, 2.75) is 32.2 Å². The lowest BCUT2D eigenvalue weighted by molar-refractivity contribution is -0.131. The average molecular weight is 348 g/mol. The zero-order valence-electron chi connectivity index (χ0n) is 14.8. The third-order valence-electron chi connectivity index (χ3n) is 4.49. The van der Waals surface area contributed by atoms with Crippen molar-refractivity contribution in [3.8, 4) is 0 Å². The first-order valence-electron chi connectivity index (χ1n) is 9.05. The van der Waals surface area contributed by atoms with Gasteiger partial charge < -0.3 is 5.11 Å². The fraction of sp³-hybridized carbons (Fsp3) is 0.273. The van der Waals surface area contributed by atoms with Gasteiger partial charge in [-0.1, -0.05) is 48.5 Å². The van der Waals surface area contributed by atoms with Gasteiger partial charge in [0, 0.05) is 25.3 Å². The molecule has 0 aromatic heterocycles. The molecule has 0 spiro atoms. The van der Waals surface area contributed by atoms with Gasteiger partial charge in [-0.25, -0.2) is 4.79 Å². The smallest absolute Gasteiger partial charge is 0.328 e. The molecule has 4 heteroatoms. The average Bonchev–Trinajstić information content (AvgIpc) is 3.15. The summed E-state index contributed by atoms with van der Waals surface area (Å²) in [6.07, 6.45) is 8.82. The second kappa shape index (κ2) is 8.99. The third-order valence-corrected chi connectivity index (χ3v) is 4.49. The summed E-state index contributed by atoms with van der Waals surface area (Å²) in [5.74, 6) is -0.921. The Hall–Kier alpha value is -2.88. The summed E-state index contributed by atoms with van der Waals surface area (Å²) in [5, 5.41) is 15.4. The predicted octanol–water partition coefficient (Wildman–Crippen LogP) is 4.15. The van der Waals surface area contributed by atoms with Crippen LogP contribution in [0.1, 0.15) is 35.1 Å². The largest absolute Gasteiger partial charge is 0.478 e. The van der Waals surface area contributed by atoms with Crippen LogP contribution in [0.4, 0.5) is 0 Å². The molecule has 0 radical (unpaired) electrons. The van der Waals surface area contributed by atoms with Gasteiger partial charge >= 0.3 is 5.97 Å². The molecule has 2 aromatic rings. The molecule has 0 amide bonds. The molecular formula is C22H24N2O2. The maximum atomic E-state index is 10.9. The van der Waals surface area contributed by atoms with E-state index in [1.165, 1.54) is 22.8 Å². The topological polar surface area (TPSA) is 52.9 Å². The number of nitrogens with zero attached hydrogens (tertiary/aromatic N) is 2. The summed E-state index contributed by atoms with van der Waals surface area (Å²) in [6.45, 7) is 1.76. The van der Waals surface area contributed by atoms with Crippen molar-refractivity contribution in [2.75, 3.05) is 6.54 Å². The van der Waals surface area contributed by atoms with E-state index in [9.17, 15) is 4.79 Å². The van der Waals surface area contributed by atoms with Gasteiger partial charge in [-0.15, -0.1) is 0 Å². The number of aryl methyl sites for hydroxylation is 2. The Labute approximate surface area is 154 Å². The van der Waals surface area contributed by atoms with E-state index in [2.05, 4.69) is 46.5 Å². The number of hydrogen-bond donors (Lipinski definition) is 1. The van der Waals surface area contributed by atoms with E-state index >= 15 is 0 Å². The van der Waals surface area contributed by atoms with Crippen LogP contribution in [0.2, 0.25) is 0 Å². The second-order valence-electron chi connectivity index (χ2n) is 6.52. The molecule has 3 rings (SSSR count). The van der Waals surface area contributed by atoms with E-state index < -0.39 is 5.97 Å². The fourth-order valence-electron chi connectivity index (χ4n) is 3.19. The van der Waals surface area contributed by atoms with Crippen LogP contribution in [-0.2, 0) is 24.2 Å². The highest BCUT2D eigenvalue weighted by Gasteiger charge is 2.09. The second-order valence-corrected chi connectivity index (χ2v) is 6.52. The van der Waals surface area contributed by atoms with E-state index in [4.69, 9.17) is 5.11 Å². The van der Waals surface area contributed by atoms with E-state index in [1.807, 2.05) is 18.3 Å². The minimum Gasteiger partial charge on any atom is -0.478 e. The number of carbonyl (C=O) groups is 1. The number of benzene rings is 2. The van der Waals surface area contributed by atoms with Crippen molar-refractivity contribution in [3.05, 3.63) is 76.9 Å². The Morgan fingerprint density at radius 2 is 1.96 bits per heavy atom. The van der Waals surface area contributed by atoms with E-state index in [-0.39, 0.29) is 0 Å². The molecule has 0 fully saturated rings. The van der Waals surface area contributed by atoms with Gasteiger partial charge in [-0.05, 0) is 47.6 Å². The van der Waals surface area contributed by atoms with Gasteiger partial charge in [0.1, 0.15) is 0 Å². The van der Waals surface area contributed by atoms with E-state index in [1.54, 1.807) is 6.08 Å². The summed E-state index contributed by atoms with van der Waals surface area (Å²) in [4.78, 5) is 10.9. The molecule has 0 saturated heterocycles. The zero-order valence-corrected chi connectivity index (χ0v) is 14.8. The van der Waals surface area contributed by atoms with E-state index in [0.717, 1.165) is 44.3 Å². The van der Waals surface area contributed by atoms with Crippen molar-refractivity contribution < 1.29 is 9.90 Å². The first kappa shape index (κ1) is 17.9. The third kappa shape index (κ3) is 5.31. The minimum absolute atomic E-state index is 0.797. The van der Waals surface area contributed by atoms with Crippen LogP contribution >= 0.6 is 0 Å². The van der Waals surface area contributed by atoms with Crippen molar-refractivity contribution in [2.24, 2.45) is 5.10 Å². The van der Waals surface area contributed by atoms with Crippen LogP contribution in [0, 0.1) is 0 Å². The Balaban J connectivity index is 1.71. The molecule has 0 atom stereocenters. The molecule has 1 aliphatic rings. The highest BCUT2D eigenvalue weighted by atomic mass is 16.4. The summed E-state index contributed by atoms with van der Waals surface area (Å²) in [6, 6.07) is 16.7. The maximum Gasteiger partial charge on any atom is 0.328 e. The van der Waals surface area contributed by atoms with Crippen LogP contribution in [0.5, 0.6) is 0 Å². The quantitative estimate of drug-likeness (QED) is 0.729. The van der Waals surface area contributed by atoms with Crippen LogP contribution in [0.25, 0.3) is 6.08 Å². The number of aliphatic carboxylic acids is 1. The van der Waals surface area contributed by atoms with Gasteiger partial charge in [0.2, 0.25) is 0 Å². The lowest BCUT2D eigenvalue weighted by Gasteiger charge is -2.15. The number of carboxylic acids is 1. The van der Waals surface area contributed by atoms with Gasteiger partial charge in [0.15, 0.2) is 0 Å². The van der Waals surface area contributed by atoms with Crippen LogP contribution in [0.15, 0.2) is 59.7 Å². The molecule has 0 aliphatic carbocycles. The molecule has 1 aliphatic heterocycles. The Morgan fingerprint density at radius 3 is 2.69 bits per heavy atom. The standard InChI is InChI=1S/C22H24N2O2/c25-22(26)13-12-20-11-10-19(17-24-15-5-14-23-24)16-21(20)9-4-8-18-6-2-1-3-7-18/h1-3,6-7,10-14,16H,4-5,8-9,15,17H2,(H,25,26)/b13-12+. The van der Waals surface area contributed by atoms with Crippen LogP contribution in [-0.4, -0.2) is 28.8 Å². The SMILES string of the molecule is O=C(O)/C=C/c1ccc(CN2CCC=N2)cc1CCCc1ccccc1. The highest BCUT2D eigenvalue weighted by molar-refractivity contribution is 5.85. The fourth-order valence-corrected chi connectivity index (χ4v) is 3.19. The van der Waals surface area contributed by atoms with Crippen molar-refractivity contribution in [1.29, 1.82) is 0 Å². The van der Waals surface area contributed by atoms with Crippen LogP contribution < -0.4 is 0 Å². The predicted molar refractivity (Wildman–Crippen MR) is 105 cm³/mol. The lowest BCUT2D eigenvalue weighted by Crippen LogP contribution is -2.13. The Morgan fingerprint density at radius 1 is 1.12 bits per heavy atom. The van der Waals surface area contributed by atoms with Crippen molar-refractivity contribution in [3.63, 3.8) is 0 Å². The van der Waals surface area contributed by atoms with Gasteiger partial charge in [-0.2, -0.15) is 5.10 Å². The number of carboxylic acid groups (broad SMARTS) is 1. The lowest BCUT2D eigenvalue weighted by atomic mass is 9.97. The molecule has 134 valence electrons. The Bertz CT molecular complexity index is 797. The van der Waals surface area contributed by atoms with Gasteiger partial charge in [0.05, 0.1) is 6.54 Å². The number of rotatable bonds is 8. The molecule has 26 heavy (non-hydrogen) atoms. The molecule has 4 nitrogen and oxygen atoms in total. The normalized spacial score (nSPS) is 13.6. The summed E-state index contributed by atoms with van der Waals surface area (Å²) in [7, 11) is 0. The zero-order chi connectivity index (χ0) is 18.2. The molecule has 0 bridgehead atoms. The molecular weight excluding hydrogens is 324 g/mol. The molecule has 1 heterocycles. The summed E-state index contributed by atoms with van der Waals surface area (Å²) in [5.41, 5.74) is 4.72. The number of hydrogen-bond acceptors (Lipinski definition) is 3. The van der Waals surface area contributed by atoms with Crippen LogP contribution in [0.3, 0.4) is 0 Å². The van der Waals surface area contributed by atoms with Gasteiger partial charge in [-0.3, -0.25) is 5.01 Å². The number of hydrazone groups is 1. The Kier molecular flexibility index (Phi) is 6.20. The molecule has 0 saturated carbocycles. The summed E-state index contributed by atoms with van der Waals surface area (Å²) < 4.78 is 0. The van der Waals surface area contributed by atoms with Gasteiger partial charge in [0.25, 0.3) is 0 Å². The monoisotopic (exact) mass is 348 g/mol. The first-order chi connectivity index (χ1) is 12.7.